The molecule has 2 aromatic carbocycles. The Hall–Kier alpha value is -2.49. The van der Waals surface area contributed by atoms with E-state index in [1.807, 2.05) is 42.5 Å². The van der Waals surface area contributed by atoms with Crippen molar-refractivity contribution in [3.05, 3.63) is 54.1 Å². The Labute approximate surface area is 169 Å². The minimum Gasteiger partial charge on any atom is -0.494 e. The van der Waals surface area contributed by atoms with Crippen LogP contribution in [-0.2, 0) is 0 Å². The van der Waals surface area contributed by atoms with Crippen LogP contribution in [0.4, 0.5) is 5.69 Å². The summed E-state index contributed by atoms with van der Waals surface area (Å²) < 4.78 is 11.6. The number of rotatable bonds is 12. The Bertz CT molecular complexity index is 710. The molecule has 0 radical (unpaired) electrons. The Kier molecular flexibility index (Phi) is 9.40. The van der Waals surface area contributed by atoms with Gasteiger partial charge in [0.05, 0.1) is 18.8 Å². The molecule has 1 amide bonds. The molecule has 1 N–H and O–H groups in total. The first-order valence-electron chi connectivity index (χ1n) is 10.4. The van der Waals surface area contributed by atoms with Crippen molar-refractivity contribution in [1.82, 2.24) is 0 Å². The molecule has 0 saturated heterocycles. The van der Waals surface area contributed by atoms with Crippen molar-refractivity contribution in [3.8, 4) is 11.5 Å². The fourth-order valence-corrected chi connectivity index (χ4v) is 2.74. The van der Waals surface area contributed by atoms with Gasteiger partial charge >= 0.3 is 0 Å². The van der Waals surface area contributed by atoms with Gasteiger partial charge in [0.15, 0.2) is 0 Å². The monoisotopic (exact) mass is 383 g/mol. The zero-order valence-corrected chi connectivity index (χ0v) is 17.4. The van der Waals surface area contributed by atoms with Gasteiger partial charge in [0.2, 0.25) is 0 Å². The quantitative estimate of drug-likeness (QED) is 0.436. The van der Waals surface area contributed by atoms with Crippen LogP contribution in [0, 0.1) is 5.92 Å². The second kappa shape index (κ2) is 12.1. The normalized spacial score (nSPS) is 10.7. The Morgan fingerprint density at radius 1 is 0.929 bits per heavy atom. The predicted molar refractivity (Wildman–Crippen MR) is 115 cm³/mol. The van der Waals surface area contributed by atoms with Crippen molar-refractivity contribution in [2.24, 2.45) is 5.92 Å². The molecule has 0 fully saturated rings. The van der Waals surface area contributed by atoms with E-state index in [0.717, 1.165) is 30.9 Å². The van der Waals surface area contributed by atoms with E-state index in [9.17, 15) is 4.79 Å². The standard InChI is InChI=1S/C24H33NO3/c1-4-5-6-9-17-27-21-14-12-20(13-15-21)25-24(26)22-10-7-8-11-23(22)28-18-16-19(2)3/h7-8,10-15,19H,4-6,9,16-18H2,1-3H3,(H,25,26). The lowest BCUT2D eigenvalue weighted by atomic mass is 10.1. The minimum atomic E-state index is -0.173. The van der Waals surface area contributed by atoms with Gasteiger partial charge < -0.3 is 14.8 Å². The van der Waals surface area contributed by atoms with Crippen LogP contribution in [0.5, 0.6) is 11.5 Å². The topological polar surface area (TPSA) is 47.6 Å². The summed E-state index contributed by atoms with van der Waals surface area (Å²) in [4.78, 5) is 12.7. The average molecular weight is 384 g/mol. The zero-order chi connectivity index (χ0) is 20.2. The number of carbonyl (C=O) groups excluding carboxylic acids is 1. The number of ether oxygens (including phenoxy) is 2. The molecule has 2 rings (SSSR count). The number of amides is 1. The lowest BCUT2D eigenvalue weighted by molar-refractivity contribution is 0.102. The number of carbonyl (C=O) groups is 1. The molecule has 0 aromatic heterocycles. The molecular weight excluding hydrogens is 350 g/mol. The highest BCUT2D eigenvalue weighted by atomic mass is 16.5. The van der Waals surface area contributed by atoms with E-state index in [2.05, 4.69) is 26.1 Å². The fourth-order valence-electron chi connectivity index (χ4n) is 2.74. The Morgan fingerprint density at radius 3 is 2.39 bits per heavy atom. The molecule has 0 aliphatic rings. The maximum Gasteiger partial charge on any atom is 0.259 e. The molecule has 0 spiro atoms. The highest BCUT2D eigenvalue weighted by molar-refractivity contribution is 6.06. The van der Waals surface area contributed by atoms with Crippen molar-refractivity contribution in [3.63, 3.8) is 0 Å². The second-order valence-corrected chi connectivity index (χ2v) is 7.41. The van der Waals surface area contributed by atoms with Crippen molar-refractivity contribution >= 4 is 11.6 Å². The SMILES string of the molecule is CCCCCCOc1ccc(NC(=O)c2ccccc2OCCC(C)C)cc1. The summed E-state index contributed by atoms with van der Waals surface area (Å²) in [5.41, 5.74) is 1.28. The minimum absolute atomic E-state index is 0.173. The van der Waals surface area contributed by atoms with Gasteiger partial charge in [-0.2, -0.15) is 0 Å². The van der Waals surface area contributed by atoms with Crippen LogP contribution in [0.1, 0.15) is 63.2 Å². The van der Waals surface area contributed by atoms with Crippen LogP contribution in [0.25, 0.3) is 0 Å². The van der Waals surface area contributed by atoms with E-state index < -0.39 is 0 Å². The van der Waals surface area contributed by atoms with Crippen LogP contribution < -0.4 is 14.8 Å². The molecule has 152 valence electrons. The lowest BCUT2D eigenvalue weighted by Crippen LogP contribution is -2.14. The predicted octanol–water partition coefficient (Wildman–Crippen LogP) is 6.32. The molecule has 0 unspecified atom stereocenters. The molecule has 28 heavy (non-hydrogen) atoms. The highest BCUT2D eigenvalue weighted by Gasteiger charge is 2.12. The van der Waals surface area contributed by atoms with Gasteiger partial charge in [-0.1, -0.05) is 52.2 Å². The number of para-hydroxylation sites is 1. The van der Waals surface area contributed by atoms with Crippen molar-refractivity contribution < 1.29 is 14.3 Å². The maximum atomic E-state index is 12.7. The second-order valence-electron chi connectivity index (χ2n) is 7.41. The number of benzene rings is 2. The third kappa shape index (κ3) is 7.63. The van der Waals surface area contributed by atoms with E-state index >= 15 is 0 Å². The molecule has 4 nitrogen and oxygen atoms in total. The highest BCUT2D eigenvalue weighted by Crippen LogP contribution is 2.22. The number of unbranched alkanes of at least 4 members (excludes halogenated alkanes) is 3. The summed E-state index contributed by atoms with van der Waals surface area (Å²) in [5.74, 6) is 1.83. The number of anilines is 1. The molecule has 0 aliphatic carbocycles. The van der Waals surface area contributed by atoms with Crippen LogP contribution in [0.2, 0.25) is 0 Å². The third-order valence-corrected chi connectivity index (χ3v) is 4.46. The van der Waals surface area contributed by atoms with Crippen molar-refractivity contribution in [2.45, 2.75) is 52.9 Å². The van der Waals surface area contributed by atoms with E-state index in [0.29, 0.717) is 23.8 Å². The summed E-state index contributed by atoms with van der Waals surface area (Å²) in [6.45, 7) is 7.84. The first-order chi connectivity index (χ1) is 13.6. The zero-order valence-electron chi connectivity index (χ0n) is 17.4. The fraction of sp³-hybridized carbons (Fsp3) is 0.458. The number of hydrogen-bond donors (Lipinski definition) is 1. The van der Waals surface area contributed by atoms with Gasteiger partial charge in [-0.15, -0.1) is 0 Å². The molecule has 0 saturated carbocycles. The average Bonchev–Trinajstić information content (AvgIpc) is 2.69. The largest absolute Gasteiger partial charge is 0.494 e. The van der Waals surface area contributed by atoms with Crippen molar-refractivity contribution in [1.29, 1.82) is 0 Å². The van der Waals surface area contributed by atoms with Gasteiger partial charge in [-0.25, -0.2) is 0 Å². The Morgan fingerprint density at radius 2 is 1.68 bits per heavy atom. The lowest BCUT2D eigenvalue weighted by Gasteiger charge is -2.13. The van der Waals surface area contributed by atoms with E-state index in [4.69, 9.17) is 9.47 Å². The van der Waals surface area contributed by atoms with Gasteiger partial charge in [0.25, 0.3) is 5.91 Å². The van der Waals surface area contributed by atoms with Crippen LogP contribution >= 0.6 is 0 Å². The Balaban J connectivity index is 1.88. The van der Waals surface area contributed by atoms with Gasteiger partial charge in [0.1, 0.15) is 11.5 Å². The van der Waals surface area contributed by atoms with Crippen LogP contribution in [0.15, 0.2) is 48.5 Å². The summed E-state index contributed by atoms with van der Waals surface area (Å²) >= 11 is 0. The van der Waals surface area contributed by atoms with Gasteiger partial charge in [-0.05, 0) is 55.2 Å². The van der Waals surface area contributed by atoms with Gasteiger partial charge in [0, 0.05) is 5.69 Å². The molecular formula is C24H33NO3. The third-order valence-electron chi connectivity index (χ3n) is 4.46. The maximum absolute atomic E-state index is 12.7. The van der Waals surface area contributed by atoms with Crippen LogP contribution in [-0.4, -0.2) is 19.1 Å². The first kappa shape index (κ1) is 21.8. The number of hydrogen-bond acceptors (Lipinski definition) is 3. The van der Waals surface area contributed by atoms with E-state index in [-0.39, 0.29) is 5.91 Å². The first-order valence-corrected chi connectivity index (χ1v) is 10.4. The number of nitrogens with one attached hydrogen (secondary N) is 1. The molecule has 0 atom stereocenters. The summed E-state index contributed by atoms with van der Waals surface area (Å²) in [7, 11) is 0. The molecule has 0 bridgehead atoms. The molecule has 4 heteroatoms. The smallest absolute Gasteiger partial charge is 0.259 e. The molecule has 2 aromatic rings. The molecule has 0 aliphatic heterocycles. The summed E-state index contributed by atoms with van der Waals surface area (Å²) in [6.07, 6.45) is 5.69. The summed E-state index contributed by atoms with van der Waals surface area (Å²) in [6, 6.07) is 14.9. The van der Waals surface area contributed by atoms with E-state index in [1.165, 1.54) is 19.3 Å². The summed E-state index contributed by atoms with van der Waals surface area (Å²) in [5, 5.41) is 2.93. The molecule has 0 heterocycles. The van der Waals surface area contributed by atoms with E-state index in [1.54, 1.807) is 6.07 Å². The van der Waals surface area contributed by atoms with Crippen molar-refractivity contribution in [2.75, 3.05) is 18.5 Å². The van der Waals surface area contributed by atoms with Crippen LogP contribution in [0.3, 0.4) is 0 Å². The van der Waals surface area contributed by atoms with Gasteiger partial charge in [-0.3, -0.25) is 4.79 Å².